The van der Waals surface area contributed by atoms with Gasteiger partial charge in [0.15, 0.2) is 0 Å². The Bertz CT molecular complexity index is 5910. The van der Waals surface area contributed by atoms with Crippen LogP contribution in [0.2, 0.25) is 0 Å². The summed E-state index contributed by atoms with van der Waals surface area (Å²) in [5, 5.41) is 8.49. The van der Waals surface area contributed by atoms with Crippen LogP contribution < -0.4 is 18.9 Å². The highest BCUT2D eigenvalue weighted by atomic mass is 16.5. The lowest BCUT2D eigenvalue weighted by Gasteiger charge is -2.20. The maximum atomic E-state index is 13.4. The summed E-state index contributed by atoms with van der Waals surface area (Å²) in [6.07, 6.45) is 17.2. The first-order chi connectivity index (χ1) is 59.1. The maximum absolute atomic E-state index is 13.4. The summed E-state index contributed by atoms with van der Waals surface area (Å²) >= 11 is 0. The van der Waals surface area contributed by atoms with E-state index in [1.165, 1.54) is 143 Å². The topological polar surface area (TPSA) is 71.1 Å². The Morgan fingerprint density at radius 1 is 0.208 bits per heavy atom. The molecule has 0 amide bonds. The van der Waals surface area contributed by atoms with Crippen molar-refractivity contribution >= 4 is 55.0 Å². The van der Waals surface area contributed by atoms with Crippen LogP contribution in [-0.4, -0.2) is 25.2 Å². The van der Waals surface area contributed by atoms with Gasteiger partial charge in [0, 0.05) is 35.1 Å². The highest BCUT2D eigenvalue weighted by molar-refractivity contribution is 6.13. The van der Waals surface area contributed by atoms with E-state index in [0.717, 1.165) is 135 Å². The van der Waals surface area contributed by atoms with Gasteiger partial charge in [-0.1, -0.05) is 346 Å². The highest BCUT2D eigenvalue weighted by Crippen LogP contribution is 2.50. The van der Waals surface area contributed by atoms with E-state index in [4.69, 9.17) is 18.9 Å². The first-order valence-electron chi connectivity index (χ1n) is 43.8. The molecule has 2 heterocycles. The fourth-order valence-electron chi connectivity index (χ4n) is 17.6. The molecule has 0 bridgehead atoms. The number of aryl methyl sites for hydroxylation is 4. The molecule has 596 valence electrons. The summed E-state index contributed by atoms with van der Waals surface area (Å²) in [5.41, 5.74) is 28.1. The second-order valence-corrected chi connectivity index (χ2v) is 32.6. The van der Waals surface area contributed by atoms with Gasteiger partial charge in [-0.2, -0.15) is 0 Å². The molecule has 0 spiro atoms. The molecule has 0 unspecified atom stereocenters. The van der Waals surface area contributed by atoms with E-state index in [0.29, 0.717) is 37.6 Å². The molecule has 2 aliphatic heterocycles. The molecule has 0 saturated carbocycles. The molecule has 16 aromatic carbocycles. The van der Waals surface area contributed by atoms with Gasteiger partial charge >= 0.3 is 11.9 Å². The Balaban J connectivity index is 0.000000171. The third kappa shape index (κ3) is 18.1. The number of carbonyl (C=O) groups is 2. The fourth-order valence-corrected chi connectivity index (χ4v) is 17.6. The molecule has 0 atom stereocenters. The van der Waals surface area contributed by atoms with Crippen molar-refractivity contribution in [2.45, 2.75) is 143 Å². The van der Waals surface area contributed by atoms with Gasteiger partial charge in [0.1, 0.15) is 23.0 Å². The van der Waals surface area contributed by atoms with Crippen LogP contribution in [-0.2, 0) is 35.3 Å². The number of carbonyl (C=O) groups excluding carboxylic acids is 2. The van der Waals surface area contributed by atoms with Crippen molar-refractivity contribution in [2.75, 3.05) is 13.2 Å². The molecule has 0 saturated heterocycles. The molecule has 0 aromatic heterocycles. The van der Waals surface area contributed by atoms with Crippen molar-refractivity contribution < 1.29 is 28.5 Å². The van der Waals surface area contributed by atoms with Gasteiger partial charge in [0.05, 0.1) is 13.2 Å². The third-order valence-corrected chi connectivity index (χ3v) is 24.1. The van der Waals surface area contributed by atoms with E-state index >= 15 is 0 Å². The van der Waals surface area contributed by atoms with Gasteiger partial charge in [-0.15, -0.1) is 0 Å². The number of esters is 2. The van der Waals surface area contributed by atoms with E-state index in [1.807, 2.05) is 24.3 Å². The van der Waals surface area contributed by atoms with Crippen LogP contribution in [0, 0.1) is 0 Å². The largest absolute Gasteiger partial charge is 0.493 e. The predicted molar refractivity (Wildman–Crippen MR) is 502 cm³/mol. The van der Waals surface area contributed by atoms with Crippen molar-refractivity contribution in [2.24, 2.45) is 0 Å². The van der Waals surface area contributed by atoms with Gasteiger partial charge < -0.3 is 18.9 Å². The number of rotatable bonds is 16. The van der Waals surface area contributed by atoms with Gasteiger partial charge in [0.25, 0.3) is 0 Å². The molecule has 0 N–H and O–H groups in total. The molecule has 0 radical (unpaired) electrons. The standard InChI is InChI=1S/C57H50O4.C57H54O2/c1-3-8-38-12-16-40(17-13-38)42-20-24-44(25-21-42)46-28-32-50-48(36-46)30-34-52-56(50)57-51-33-29-47(45-26-22-43(23-27-45)41-18-14-39(9-4-2)15-19-41)37-49(51)31-35-53(57)61-55(59)11-7-5-6-10-54(58)60-52;1-3-10-40-12-16-42(17-13-40)44-20-24-46(25-21-44)48-28-32-52-50(38-48)30-34-54-56(52)57-53-33-29-49(39-51(53)31-35-55(57)59-37-9-7-5-6-8-36-58-54)47-26-22-45(23-27-47)43-18-14-41(11-4-2)15-19-43/h12-37H,3-11H2,1-2H3;12-35,38-39H,3-11,36-37H2,1-2H3. The Hall–Kier alpha value is -12.9. The SMILES string of the molecule is CCCc1ccc(-c2ccc(-c3ccc4c5c(ccc4c3)OC(=O)CCCCCC(=O)Oc3ccc4cc(-c6ccc(-c7ccc(CCC)cc7)cc6)ccc4c3-5)cc2)cc1.CCCc1ccc(-c2ccc(-c3ccc4c5c(ccc4c3)OCCCCCCCOc3ccc4cc(-c6ccc(-c7ccc(CCC)cc7)cc6)ccc4c3-5)cc2)cc1. The summed E-state index contributed by atoms with van der Waals surface area (Å²) in [5.74, 6) is 2.16. The number of hydrogen-bond donors (Lipinski definition) is 0. The van der Waals surface area contributed by atoms with Crippen molar-refractivity contribution in [3.8, 4) is 134 Å². The molecule has 2 aliphatic rings. The molecular formula is C114H104O6. The normalized spacial score (nSPS) is 13.3. The lowest BCUT2D eigenvalue weighted by atomic mass is 9.89. The number of ether oxygens (including phenoxy) is 4. The van der Waals surface area contributed by atoms with Crippen molar-refractivity contribution in [3.63, 3.8) is 0 Å². The average molecular weight is 1570 g/mol. The fraction of sp³-hybridized carbons (Fsp3) is 0.211. The zero-order chi connectivity index (χ0) is 81.7. The quantitative estimate of drug-likeness (QED) is 0.0709. The van der Waals surface area contributed by atoms with E-state index in [1.54, 1.807) is 0 Å². The molecule has 6 heteroatoms. The van der Waals surface area contributed by atoms with Crippen LogP contribution in [0.5, 0.6) is 23.0 Å². The molecule has 120 heavy (non-hydrogen) atoms. The lowest BCUT2D eigenvalue weighted by Crippen LogP contribution is -2.09. The summed E-state index contributed by atoms with van der Waals surface area (Å²) < 4.78 is 25.9. The Kier molecular flexibility index (Phi) is 24.8. The molecule has 0 fully saturated rings. The second kappa shape index (κ2) is 37.4. The van der Waals surface area contributed by atoms with E-state index in [2.05, 4.69) is 319 Å². The zero-order valence-electron chi connectivity index (χ0n) is 69.6. The van der Waals surface area contributed by atoms with Gasteiger partial charge in [0.2, 0.25) is 0 Å². The van der Waals surface area contributed by atoms with Gasteiger partial charge in [-0.05, 0) is 254 Å². The van der Waals surface area contributed by atoms with E-state index in [9.17, 15) is 9.59 Å². The summed E-state index contributed by atoms with van der Waals surface area (Å²) in [4.78, 5) is 26.8. The van der Waals surface area contributed by atoms with E-state index in [-0.39, 0.29) is 24.8 Å². The molecule has 0 aliphatic carbocycles. The Labute approximate surface area is 707 Å². The summed E-state index contributed by atoms with van der Waals surface area (Å²) in [6.45, 7) is 10.3. The van der Waals surface area contributed by atoms with Crippen molar-refractivity contribution in [3.05, 3.63) is 338 Å². The second-order valence-electron chi connectivity index (χ2n) is 32.6. The van der Waals surface area contributed by atoms with Crippen LogP contribution in [0.4, 0.5) is 0 Å². The molecule has 6 nitrogen and oxygen atoms in total. The van der Waals surface area contributed by atoms with E-state index < -0.39 is 0 Å². The first kappa shape index (κ1) is 79.6. The van der Waals surface area contributed by atoms with Crippen LogP contribution in [0.1, 0.15) is 140 Å². The Morgan fingerprint density at radius 3 is 0.658 bits per heavy atom. The Morgan fingerprint density at radius 2 is 0.408 bits per heavy atom. The zero-order valence-corrected chi connectivity index (χ0v) is 69.6. The van der Waals surface area contributed by atoms with Gasteiger partial charge in [-0.3, -0.25) is 9.59 Å². The van der Waals surface area contributed by atoms with Crippen LogP contribution in [0.25, 0.3) is 154 Å². The average Bonchev–Trinajstić information content (AvgIpc) is 1.88. The lowest BCUT2D eigenvalue weighted by molar-refractivity contribution is -0.135. The number of hydrogen-bond acceptors (Lipinski definition) is 6. The number of benzene rings is 16. The minimum atomic E-state index is -0.284. The predicted octanol–water partition coefficient (Wildman–Crippen LogP) is 31.0. The molecular weight excluding hydrogens is 1470 g/mol. The molecule has 18 rings (SSSR count). The summed E-state index contributed by atoms with van der Waals surface area (Å²) in [6, 6.07) is 114. The minimum Gasteiger partial charge on any atom is -0.493 e. The van der Waals surface area contributed by atoms with Crippen molar-refractivity contribution in [1.82, 2.24) is 0 Å². The maximum Gasteiger partial charge on any atom is 0.311 e. The summed E-state index contributed by atoms with van der Waals surface area (Å²) in [7, 11) is 0. The van der Waals surface area contributed by atoms with Crippen LogP contribution in [0.3, 0.4) is 0 Å². The van der Waals surface area contributed by atoms with Crippen LogP contribution >= 0.6 is 0 Å². The van der Waals surface area contributed by atoms with Gasteiger partial charge in [-0.25, -0.2) is 0 Å². The van der Waals surface area contributed by atoms with Crippen LogP contribution in [0.15, 0.2) is 315 Å². The third-order valence-electron chi connectivity index (χ3n) is 24.1. The van der Waals surface area contributed by atoms with Crippen molar-refractivity contribution in [1.29, 1.82) is 0 Å². The minimum absolute atomic E-state index is 0.277. The first-order valence-corrected chi connectivity index (χ1v) is 43.8. The smallest absolute Gasteiger partial charge is 0.311 e. The monoisotopic (exact) mass is 1570 g/mol. The highest BCUT2D eigenvalue weighted by Gasteiger charge is 2.26. The molecule has 16 aromatic rings. The number of fused-ring (bicyclic) bond motifs is 14.